The van der Waals surface area contributed by atoms with Gasteiger partial charge in [-0.3, -0.25) is 0 Å². The number of anilines is 6. The molecule has 18 rings (SSSR count). The summed E-state index contributed by atoms with van der Waals surface area (Å²) in [5.41, 5.74) is 21.7. The molecule has 0 radical (unpaired) electrons. The van der Waals surface area contributed by atoms with E-state index in [2.05, 4.69) is 375 Å². The number of hydrogen-bond donors (Lipinski definition) is 0. The maximum absolute atomic E-state index is 10.6. The van der Waals surface area contributed by atoms with Crippen molar-refractivity contribution in [1.29, 1.82) is 0 Å². The standard InChI is InChI=1S/C124H135BN4/c1-115(2,3)80-52-47-76(48-53-80)95-68-86(121(19,20)21)70-98(90-59-56-83(118(10,11)12)72-101(90)124(28,29)30)113(95)129-109-73-88(126-104-43-35-31-39-91(104)92-40-32-36-44-105(92)126)58-62-103(109)125-102-61-51-78(79-63-84(119(13,14)15)66-85(64-79)120(16,17)18)65-108(102)128(110-74-89(75-111(129)112(110)125)127-106-45-37-33-41-93(106)94-42-34-38-46-107(94)127)114-96(77-49-54-81(55-50-77)116(4,5)6)69-87(122(22,23)24)71-99(114)97-67-82(117(7,8)9)57-60-100(97)123(25,26)27/h31-75H,1-30H3/i31D,32D,33D,34D,35D,36D,37D,38D,39D,40D,41D,42D,43D,44D,45D,46D. The van der Waals surface area contributed by atoms with Crippen LogP contribution in [-0.4, -0.2) is 15.8 Å². The molecule has 654 valence electrons. The van der Waals surface area contributed by atoms with Gasteiger partial charge in [-0.05, 0) is 238 Å². The lowest BCUT2D eigenvalue weighted by molar-refractivity contribution is 0.568. The van der Waals surface area contributed by atoms with Crippen LogP contribution in [0.25, 0.3) is 111 Å². The van der Waals surface area contributed by atoms with Gasteiger partial charge in [0.05, 0.1) is 61.1 Å². The molecule has 0 fully saturated rings. The molecule has 0 N–H and O–H groups in total. The van der Waals surface area contributed by atoms with Crippen LogP contribution in [-0.2, 0) is 54.1 Å². The van der Waals surface area contributed by atoms with E-state index in [0.717, 1.165) is 139 Å². The maximum Gasteiger partial charge on any atom is 0.252 e. The quantitative estimate of drug-likeness (QED) is 0.134. The van der Waals surface area contributed by atoms with Crippen molar-refractivity contribution in [3.63, 3.8) is 0 Å². The molecule has 2 aliphatic heterocycles. The van der Waals surface area contributed by atoms with Crippen LogP contribution >= 0.6 is 0 Å². The van der Waals surface area contributed by atoms with Crippen molar-refractivity contribution in [1.82, 2.24) is 9.13 Å². The monoisotopic (exact) mass is 1710 g/mol. The zero-order chi connectivity index (χ0) is 106. The van der Waals surface area contributed by atoms with Crippen LogP contribution in [0.1, 0.15) is 285 Å². The first-order valence-electron chi connectivity index (χ1n) is 54.1. The van der Waals surface area contributed by atoms with Crippen LogP contribution in [0.4, 0.5) is 34.1 Å². The molecule has 0 aliphatic carbocycles. The normalized spacial score (nSPS) is 15.5. The van der Waals surface area contributed by atoms with E-state index < -0.39 is 130 Å². The molecule has 0 saturated heterocycles. The summed E-state index contributed by atoms with van der Waals surface area (Å²) in [6, 6.07) is 56.4. The zero-order valence-corrected chi connectivity index (χ0v) is 81.6. The van der Waals surface area contributed by atoms with Gasteiger partial charge in [0.25, 0.3) is 6.71 Å². The van der Waals surface area contributed by atoms with E-state index in [1.807, 2.05) is 18.2 Å². The van der Waals surface area contributed by atoms with E-state index in [4.69, 9.17) is 0 Å². The number of hydrogen-bond acceptors (Lipinski definition) is 2. The minimum absolute atomic E-state index is 0.0829. The van der Waals surface area contributed by atoms with Crippen molar-refractivity contribution in [2.75, 3.05) is 9.80 Å². The highest BCUT2D eigenvalue weighted by Crippen LogP contribution is 2.58. The van der Waals surface area contributed by atoms with Gasteiger partial charge < -0.3 is 18.9 Å². The third-order valence-corrected chi connectivity index (χ3v) is 27.1. The maximum atomic E-state index is 10.6. The molecule has 2 aromatic heterocycles. The molecule has 0 amide bonds. The Bertz CT molecular complexity index is 8020. The number of nitrogens with zero attached hydrogens (tertiary/aromatic N) is 4. The summed E-state index contributed by atoms with van der Waals surface area (Å²) in [5, 5.41) is -0.432. The molecule has 16 aromatic rings. The molecule has 4 nitrogen and oxygen atoms in total. The second-order valence-corrected chi connectivity index (χ2v) is 46.9. The molecule has 0 unspecified atom stereocenters. The number of benzene rings is 14. The summed E-state index contributed by atoms with van der Waals surface area (Å²) >= 11 is 0. The van der Waals surface area contributed by atoms with E-state index >= 15 is 0 Å². The lowest BCUT2D eigenvalue weighted by atomic mass is 9.33. The highest BCUT2D eigenvalue weighted by atomic mass is 15.2. The Morgan fingerprint density at radius 3 is 0.938 bits per heavy atom. The molecular formula is C124H135BN4. The summed E-state index contributed by atoms with van der Waals surface area (Å²) in [6.07, 6.45) is 0. The van der Waals surface area contributed by atoms with Crippen LogP contribution < -0.4 is 26.2 Å². The van der Waals surface area contributed by atoms with Gasteiger partial charge in [-0.25, -0.2) is 0 Å². The van der Waals surface area contributed by atoms with Gasteiger partial charge in [0.1, 0.15) is 0 Å². The first-order valence-corrected chi connectivity index (χ1v) is 46.1. The summed E-state index contributed by atoms with van der Waals surface area (Å²) in [7, 11) is 0. The Balaban J connectivity index is 1.18. The third-order valence-electron chi connectivity index (χ3n) is 27.1. The second-order valence-electron chi connectivity index (χ2n) is 46.9. The number of aromatic nitrogens is 2. The smallest absolute Gasteiger partial charge is 0.252 e. The Kier molecular flexibility index (Phi) is 16.6. The Labute approximate surface area is 794 Å². The molecule has 2 aliphatic rings. The molecule has 0 spiro atoms. The van der Waals surface area contributed by atoms with Crippen molar-refractivity contribution < 1.29 is 21.9 Å². The van der Waals surface area contributed by atoms with Crippen molar-refractivity contribution >= 4 is 101 Å². The first-order chi connectivity index (χ1) is 66.9. The number of fused-ring (bicyclic) bond motifs is 10. The molecule has 4 heterocycles. The lowest BCUT2D eigenvalue weighted by Crippen LogP contribution is -2.61. The molecular weight excluding hydrogens is 1560 g/mol. The third kappa shape index (κ3) is 15.6. The number of rotatable bonds is 9. The fraction of sp³-hybridized carbons (Fsp3) is 0.323. The fourth-order valence-electron chi connectivity index (χ4n) is 19.4. The van der Waals surface area contributed by atoms with Gasteiger partial charge in [-0.15, -0.1) is 0 Å². The molecule has 14 aromatic carbocycles. The predicted molar refractivity (Wildman–Crippen MR) is 563 cm³/mol. The molecule has 0 bridgehead atoms. The van der Waals surface area contributed by atoms with Crippen LogP contribution in [0.15, 0.2) is 273 Å². The summed E-state index contributed by atoms with van der Waals surface area (Å²) in [4.78, 5) is 4.78. The van der Waals surface area contributed by atoms with Gasteiger partial charge in [0.15, 0.2) is 0 Å². The van der Waals surface area contributed by atoms with E-state index in [-0.39, 0.29) is 82.1 Å². The van der Waals surface area contributed by atoms with Gasteiger partial charge in [-0.2, -0.15) is 0 Å². The summed E-state index contributed by atoms with van der Waals surface area (Å²) in [5.74, 6) is 0. The van der Waals surface area contributed by atoms with Crippen LogP contribution in [0.3, 0.4) is 0 Å². The van der Waals surface area contributed by atoms with Crippen LogP contribution in [0.5, 0.6) is 0 Å². The van der Waals surface area contributed by atoms with E-state index in [0.29, 0.717) is 22.7 Å². The average Bonchev–Trinajstić information content (AvgIpc) is 1.50. The Morgan fingerprint density at radius 2 is 0.535 bits per heavy atom. The Hall–Kier alpha value is -11.7. The SMILES string of the molecule is [2H]c1c([2H])c([2H])c2c(c1[2H])c1c([2H])c([2H])c([2H])c([2H])c1n2-c1ccc2c(c1)N(c1c(-c3ccc(C(C)(C)C)cc3)cc(C(C)(C)C)cc1-c1ccc(C(C)(C)C)cc1C(C)(C)C)c1cc(-n3c4c([2H])c([2H])c([2H])c([2H])c4c4c([2H])c([2H])c([2H])c([2H])c43)cc3c1B2c1ccc(-c2cc(C(C)(C)C)cc(C(C)(C)C)c2)cc1N3c1c(-c2ccc(C(C)(C)C)cc2)cc(C(C)(C)C)cc1-c1cc(C(C)(C)C)ccc1C(C)(C)C. The van der Waals surface area contributed by atoms with Crippen LogP contribution in [0.2, 0.25) is 0 Å². The van der Waals surface area contributed by atoms with Crippen molar-refractivity contribution in [3.8, 4) is 67.0 Å². The lowest BCUT2D eigenvalue weighted by Gasteiger charge is -2.46. The summed E-state index contributed by atoms with van der Waals surface area (Å²) in [6.45, 7) is 66.4. The molecule has 0 saturated carbocycles. The zero-order valence-electron chi connectivity index (χ0n) is 97.6. The first kappa shape index (κ1) is 70.3. The van der Waals surface area contributed by atoms with Crippen molar-refractivity contribution in [3.05, 3.63) is 328 Å². The van der Waals surface area contributed by atoms with Crippen molar-refractivity contribution in [2.24, 2.45) is 0 Å². The van der Waals surface area contributed by atoms with E-state index in [9.17, 15) is 21.9 Å². The van der Waals surface area contributed by atoms with Gasteiger partial charge in [-0.1, -0.05) is 402 Å². The largest absolute Gasteiger partial charge is 0.310 e. The molecule has 129 heavy (non-hydrogen) atoms. The van der Waals surface area contributed by atoms with Gasteiger partial charge in [0.2, 0.25) is 0 Å². The summed E-state index contributed by atoms with van der Waals surface area (Å²) < 4.78 is 163. The minimum Gasteiger partial charge on any atom is -0.310 e. The predicted octanol–water partition coefficient (Wildman–Crippen LogP) is 33.3. The van der Waals surface area contributed by atoms with Crippen LogP contribution in [0, 0.1) is 0 Å². The number of para-hydroxylation sites is 4. The van der Waals surface area contributed by atoms with Crippen molar-refractivity contribution in [2.45, 2.75) is 262 Å². The minimum atomic E-state index is -0.865. The van der Waals surface area contributed by atoms with Gasteiger partial charge >= 0.3 is 0 Å². The van der Waals surface area contributed by atoms with Gasteiger partial charge in [0, 0.05) is 72.2 Å². The highest BCUT2D eigenvalue weighted by molar-refractivity contribution is 7.00. The van der Waals surface area contributed by atoms with E-state index in [1.165, 1.54) is 0 Å². The second kappa shape index (κ2) is 30.5. The fourth-order valence-corrected chi connectivity index (χ4v) is 19.4. The molecule has 0 atom stereocenters. The van der Waals surface area contributed by atoms with E-state index in [1.54, 1.807) is 9.13 Å². The molecule has 5 heteroatoms. The topological polar surface area (TPSA) is 16.3 Å². The highest BCUT2D eigenvalue weighted by Gasteiger charge is 2.48. The average molecular weight is 1710 g/mol. The Morgan fingerprint density at radius 1 is 0.217 bits per heavy atom.